The van der Waals surface area contributed by atoms with Crippen LogP contribution >= 0.6 is 0 Å². The summed E-state index contributed by atoms with van der Waals surface area (Å²) in [7, 11) is 1.56. The molecule has 0 aromatic carbocycles. The van der Waals surface area contributed by atoms with Gasteiger partial charge in [-0.15, -0.1) is 0 Å². The summed E-state index contributed by atoms with van der Waals surface area (Å²) in [4.78, 5) is 10.7. The van der Waals surface area contributed by atoms with E-state index in [0.29, 0.717) is 0 Å². The molecule has 0 fully saturated rings. The van der Waals surface area contributed by atoms with E-state index in [1.54, 1.807) is 7.05 Å². The molecule has 1 N–H and O–H groups in total. The maximum Gasteiger partial charge on any atom is 0.223 e. The number of alkyl halides is 1. The fraction of sp³-hybridized carbons (Fsp3) is 0.286. The third-order valence-electron chi connectivity index (χ3n) is 1.51. The van der Waals surface area contributed by atoms with E-state index in [0.717, 1.165) is 0 Å². The zero-order chi connectivity index (χ0) is 8.43. The molecule has 1 rings (SSSR count). The number of hydrogen-bond donors (Lipinski definition) is 1. The van der Waals surface area contributed by atoms with Crippen LogP contribution in [0.15, 0.2) is 17.1 Å². The van der Waals surface area contributed by atoms with Gasteiger partial charge in [-0.25, -0.2) is 4.39 Å². The van der Waals surface area contributed by atoms with Gasteiger partial charge < -0.3 is 9.67 Å². The summed E-state index contributed by atoms with van der Waals surface area (Å²) in [6.07, 6.45) is 1.41. The van der Waals surface area contributed by atoms with Gasteiger partial charge in [-0.05, 0) is 0 Å². The molecule has 0 aliphatic heterocycles. The van der Waals surface area contributed by atoms with Gasteiger partial charge >= 0.3 is 0 Å². The molecule has 0 unspecified atom stereocenters. The Morgan fingerprint density at radius 2 is 2.36 bits per heavy atom. The normalized spacial score (nSPS) is 10.0. The van der Waals surface area contributed by atoms with Gasteiger partial charge in [-0.2, -0.15) is 0 Å². The van der Waals surface area contributed by atoms with Crippen molar-refractivity contribution in [2.45, 2.75) is 6.67 Å². The standard InChI is InChI=1S/C7H8FNO2/c1-9-3-2-6(10)7(11)5(9)4-8/h2-3,11H,4H2,1H3. The van der Waals surface area contributed by atoms with Crippen molar-refractivity contribution >= 4 is 0 Å². The zero-order valence-corrected chi connectivity index (χ0v) is 6.04. The first-order chi connectivity index (χ1) is 5.16. The Labute approximate surface area is 62.7 Å². The summed E-state index contributed by atoms with van der Waals surface area (Å²) in [6, 6.07) is 1.19. The van der Waals surface area contributed by atoms with E-state index in [-0.39, 0.29) is 5.69 Å². The molecule has 0 aliphatic rings. The second-order valence-electron chi connectivity index (χ2n) is 2.22. The van der Waals surface area contributed by atoms with E-state index in [4.69, 9.17) is 5.11 Å². The molecule has 0 radical (unpaired) electrons. The Kier molecular flexibility index (Phi) is 1.94. The molecular formula is C7H8FNO2. The first-order valence-corrected chi connectivity index (χ1v) is 3.10. The topological polar surface area (TPSA) is 42.2 Å². The summed E-state index contributed by atoms with van der Waals surface area (Å²) in [6.45, 7) is -0.835. The van der Waals surface area contributed by atoms with Crippen molar-refractivity contribution in [3.8, 4) is 5.75 Å². The highest BCUT2D eigenvalue weighted by atomic mass is 19.1. The number of aryl methyl sites for hydroxylation is 1. The van der Waals surface area contributed by atoms with Crippen molar-refractivity contribution in [2.75, 3.05) is 0 Å². The van der Waals surface area contributed by atoms with Gasteiger partial charge in [0.1, 0.15) is 6.67 Å². The van der Waals surface area contributed by atoms with Crippen LogP contribution in [-0.2, 0) is 13.7 Å². The van der Waals surface area contributed by atoms with Gasteiger partial charge in [0.25, 0.3) is 0 Å². The third kappa shape index (κ3) is 1.24. The van der Waals surface area contributed by atoms with Crippen LogP contribution in [0, 0.1) is 0 Å². The van der Waals surface area contributed by atoms with E-state index in [1.807, 2.05) is 0 Å². The number of aromatic nitrogens is 1. The second kappa shape index (κ2) is 2.74. The molecule has 11 heavy (non-hydrogen) atoms. The Hall–Kier alpha value is -1.32. The van der Waals surface area contributed by atoms with Gasteiger partial charge in [-0.1, -0.05) is 0 Å². The minimum atomic E-state index is -0.835. The van der Waals surface area contributed by atoms with Gasteiger partial charge in [-0.3, -0.25) is 4.79 Å². The molecule has 0 saturated carbocycles. The lowest BCUT2D eigenvalue weighted by molar-refractivity contribution is 0.409. The molecule has 0 bridgehead atoms. The van der Waals surface area contributed by atoms with Crippen LogP contribution in [0.3, 0.4) is 0 Å². The van der Waals surface area contributed by atoms with E-state index >= 15 is 0 Å². The van der Waals surface area contributed by atoms with Crippen molar-refractivity contribution in [2.24, 2.45) is 7.05 Å². The summed E-state index contributed by atoms with van der Waals surface area (Å²) in [5.74, 6) is -0.502. The lowest BCUT2D eigenvalue weighted by atomic mass is 10.3. The van der Waals surface area contributed by atoms with Gasteiger partial charge in [0, 0.05) is 19.3 Å². The number of aromatic hydroxyl groups is 1. The number of nitrogens with zero attached hydrogens (tertiary/aromatic N) is 1. The average molecular weight is 157 g/mol. The number of pyridine rings is 1. The summed E-state index contributed by atoms with van der Waals surface area (Å²) in [5.41, 5.74) is -0.534. The molecule has 3 nitrogen and oxygen atoms in total. The molecular weight excluding hydrogens is 149 g/mol. The largest absolute Gasteiger partial charge is 0.503 e. The zero-order valence-electron chi connectivity index (χ0n) is 6.04. The van der Waals surface area contributed by atoms with Gasteiger partial charge in [0.05, 0.1) is 5.69 Å². The van der Waals surface area contributed by atoms with Crippen LogP contribution in [0.5, 0.6) is 5.75 Å². The minimum Gasteiger partial charge on any atom is -0.503 e. The second-order valence-corrected chi connectivity index (χ2v) is 2.22. The molecule has 60 valence electrons. The fourth-order valence-electron chi connectivity index (χ4n) is 0.815. The highest BCUT2D eigenvalue weighted by molar-refractivity contribution is 5.25. The maximum atomic E-state index is 12.1. The van der Waals surface area contributed by atoms with Crippen LogP contribution in [0.2, 0.25) is 0 Å². The van der Waals surface area contributed by atoms with Crippen LogP contribution in [0.4, 0.5) is 4.39 Å². The molecule has 1 aromatic heterocycles. The quantitative estimate of drug-likeness (QED) is 0.647. The van der Waals surface area contributed by atoms with Gasteiger partial charge in [0.15, 0.2) is 5.75 Å². The van der Waals surface area contributed by atoms with E-state index in [1.165, 1.54) is 16.8 Å². The number of rotatable bonds is 1. The summed E-state index contributed by atoms with van der Waals surface area (Å²) < 4.78 is 13.5. The highest BCUT2D eigenvalue weighted by Gasteiger charge is 2.05. The molecule has 0 saturated heterocycles. The molecule has 0 amide bonds. The SMILES string of the molecule is Cn1ccc(=O)c(O)c1CF. The predicted molar refractivity (Wildman–Crippen MR) is 38.2 cm³/mol. The van der Waals surface area contributed by atoms with Crippen LogP contribution in [0.25, 0.3) is 0 Å². The Balaban J connectivity index is 3.41. The van der Waals surface area contributed by atoms with Crippen molar-refractivity contribution in [1.82, 2.24) is 4.57 Å². The molecule has 1 aromatic rings. The van der Waals surface area contributed by atoms with Crippen molar-refractivity contribution in [1.29, 1.82) is 0 Å². The lowest BCUT2D eigenvalue weighted by Crippen LogP contribution is -2.08. The van der Waals surface area contributed by atoms with Crippen molar-refractivity contribution < 1.29 is 9.50 Å². The van der Waals surface area contributed by atoms with Gasteiger partial charge in [0.2, 0.25) is 5.43 Å². The number of halogens is 1. The smallest absolute Gasteiger partial charge is 0.223 e. The molecule has 1 heterocycles. The highest BCUT2D eigenvalue weighted by Crippen LogP contribution is 2.10. The van der Waals surface area contributed by atoms with Crippen molar-refractivity contribution in [3.05, 3.63) is 28.2 Å². The third-order valence-corrected chi connectivity index (χ3v) is 1.51. The minimum absolute atomic E-state index is 0.0116. The number of hydrogen-bond acceptors (Lipinski definition) is 2. The van der Waals surface area contributed by atoms with Crippen LogP contribution in [-0.4, -0.2) is 9.67 Å². The van der Waals surface area contributed by atoms with E-state index in [9.17, 15) is 9.18 Å². The molecule has 0 aliphatic carbocycles. The average Bonchev–Trinajstić information content (AvgIpc) is 1.99. The Morgan fingerprint density at radius 1 is 1.73 bits per heavy atom. The Morgan fingerprint density at radius 3 is 2.82 bits per heavy atom. The van der Waals surface area contributed by atoms with E-state index < -0.39 is 17.9 Å². The maximum absolute atomic E-state index is 12.1. The summed E-state index contributed by atoms with van der Waals surface area (Å²) >= 11 is 0. The summed E-state index contributed by atoms with van der Waals surface area (Å²) in [5, 5.41) is 9.01. The Bertz CT molecular complexity index is 319. The monoisotopic (exact) mass is 157 g/mol. The van der Waals surface area contributed by atoms with Crippen LogP contribution in [0.1, 0.15) is 5.69 Å². The molecule has 4 heteroatoms. The van der Waals surface area contributed by atoms with Crippen LogP contribution < -0.4 is 5.43 Å². The first kappa shape index (κ1) is 7.78. The molecule has 0 atom stereocenters. The molecule has 0 spiro atoms. The first-order valence-electron chi connectivity index (χ1n) is 3.10. The van der Waals surface area contributed by atoms with E-state index in [2.05, 4.69) is 0 Å². The van der Waals surface area contributed by atoms with Crippen molar-refractivity contribution in [3.63, 3.8) is 0 Å². The lowest BCUT2D eigenvalue weighted by Gasteiger charge is -2.04. The predicted octanol–water partition coefficient (Wildman–Crippen LogP) is 0.560. The fourth-order valence-corrected chi connectivity index (χ4v) is 0.815.